The number of benzene rings is 1. The van der Waals surface area contributed by atoms with Crippen LogP contribution in [0, 0.1) is 0 Å². The molecule has 1 unspecified atom stereocenters. The van der Waals surface area contributed by atoms with Crippen molar-refractivity contribution >= 4 is 18.3 Å². The number of likely N-dealkylation sites (tertiary alicyclic amines) is 1. The molecule has 7 heteroatoms. The highest BCUT2D eigenvalue weighted by Crippen LogP contribution is 2.39. The molecule has 0 aliphatic carbocycles. The molecule has 0 bridgehead atoms. The lowest BCUT2D eigenvalue weighted by Crippen LogP contribution is -2.39. The molecular weight excluding hydrogens is 344 g/mol. The summed E-state index contributed by atoms with van der Waals surface area (Å²) >= 11 is 0. The van der Waals surface area contributed by atoms with Crippen molar-refractivity contribution in [3.8, 4) is 17.2 Å². The predicted octanol–water partition coefficient (Wildman–Crippen LogP) is 2.87. The minimum absolute atomic E-state index is 0. The Morgan fingerprint density at radius 3 is 2.16 bits per heavy atom. The lowest BCUT2D eigenvalue weighted by molar-refractivity contribution is 0.0740. The molecular formula is C18H29ClN2O4. The number of nitrogens with zero attached hydrogens (tertiary/aromatic N) is 1. The Bertz CT molecular complexity index is 541. The van der Waals surface area contributed by atoms with Crippen LogP contribution in [0.5, 0.6) is 17.2 Å². The number of amides is 1. The van der Waals surface area contributed by atoms with Gasteiger partial charge in [-0.2, -0.15) is 0 Å². The van der Waals surface area contributed by atoms with Crippen LogP contribution in [-0.2, 0) is 0 Å². The molecule has 1 atom stereocenters. The van der Waals surface area contributed by atoms with E-state index in [1.165, 1.54) is 0 Å². The van der Waals surface area contributed by atoms with Gasteiger partial charge in [0.1, 0.15) is 0 Å². The summed E-state index contributed by atoms with van der Waals surface area (Å²) in [6, 6.07) is 3.59. The third-order valence-electron chi connectivity index (χ3n) is 4.07. The van der Waals surface area contributed by atoms with Gasteiger partial charge in [0.05, 0.1) is 19.8 Å². The van der Waals surface area contributed by atoms with E-state index in [9.17, 15) is 4.79 Å². The van der Waals surface area contributed by atoms with Crippen LogP contribution in [0.15, 0.2) is 12.1 Å². The molecule has 0 saturated carbocycles. The molecule has 1 aliphatic heterocycles. The molecule has 1 aromatic carbocycles. The topological polar surface area (TPSA) is 74.0 Å². The second kappa shape index (κ2) is 10.4. The van der Waals surface area contributed by atoms with Crippen molar-refractivity contribution in [1.82, 2.24) is 4.90 Å². The van der Waals surface area contributed by atoms with Gasteiger partial charge in [-0.1, -0.05) is 0 Å². The average molecular weight is 373 g/mol. The van der Waals surface area contributed by atoms with Crippen molar-refractivity contribution in [3.63, 3.8) is 0 Å². The molecule has 0 radical (unpaired) electrons. The van der Waals surface area contributed by atoms with Crippen LogP contribution in [0.4, 0.5) is 0 Å². The van der Waals surface area contributed by atoms with Crippen molar-refractivity contribution in [2.45, 2.75) is 39.7 Å². The molecule has 1 saturated heterocycles. The summed E-state index contributed by atoms with van der Waals surface area (Å²) in [7, 11) is 0. The van der Waals surface area contributed by atoms with Gasteiger partial charge in [0.25, 0.3) is 5.91 Å². The van der Waals surface area contributed by atoms with Crippen molar-refractivity contribution < 1.29 is 19.0 Å². The largest absolute Gasteiger partial charge is 0.490 e. The van der Waals surface area contributed by atoms with Gasteiger partial charge in [0.2, 0.25) is 5.75 Å². The normalized spacial score (nSPS) is 16.3. The fourth-order valence-electron chi connectivity index (χ4n) is 3.03. The van der Waals surface area contributed by atoms with E-state index >= 15 is 0 Å². The van der Waals surface area contributed by atoms with E-state index in [1.807, 2.05) is 25.7 Å². The van der Waals surface area contributed by atoms with Crippen molar-refractivity contribution in [1.29, 1.82) is 0 Å². The van der Waals surface area contributed by atoms with Gasteiger partial charge in [0, 0.05) is 24.7 Å². The third kappa shape index (κ3) is 4.92. The molecule has 2 rings (SSSR count). The summed E-state index contributed by atoms with van der Waals surface area (Å²) in [6.45, 7) is 8.39. The Hall–Kier alpha value is -1.66. The molecule has 142 valence electrons. The van der Waals surface area contributed by atoms with E-state index in [1.54, 1.807) is 12.1 Å². The van der Waals surface area contributed by atoms with Gasteiger partial charge in [-0.25, -0.2) is 0 Å². The summed E-state index contributed by atoms with van der Waals surface area (Å²) in [4.78, 5) is 14.8. The Balaban J connectivity index is 0.00000312. The summed E-state index contributed by atoms with van der Waals surface area (Å²) < 4.78 is 17.0. The number of carbonyl (C=O) groups excluding carboxylic acids is 1. The van der Waals surface area contributed by atoms with Gasteiger partial charge in [-0.15, -0.1) is 12.4 Å². The lowest BCUT2D eigenvalue weighted by atomic mass is 10.1. The van der Waals surface area contributed by atoms with Crippen LogP contribution >= 0.6 is 12.4 Å². The van der Waals surface area contributed by atoms with Crippen molar-refractivity contribution in [2.24, 2.45) is 5.73 Å². The second-order valence-electron chi connectivity index (χ2n) is 5.63. The molecule has 0 spiro atoms. The second-order valence-corrected chi connectivity index (χ2v) is 5.63. The zero-order valence-corrected chi connectivity index (χ0v) is 16.1. The standard InChI is InChI=1S/C18H28N2O4.ClH/c1-4-22-15-10-13(11-16(23-5-2)17(15)24-6-3)18(21)20-9-7-8-14(20)12-19;/h10-11,14H,4-9,12,19H2,1-3H3;1H. The maximum absolute atomic E-state index is 12.9. The Kier molecular flexibility index (Phi) is 8.86. The number of ether oxygens (including phenoxy) is 3. The van der Waals surface area contributed by atoms with E-state index in [0.29, 0.717) is 49.2 Å². The monoisotopic (exact) mass is 372 g/mol. The molecule has 1 amide bonds. The first kappa shape index (κ1) is 21.4. The minimum atomic E-state index is -0.0343. The predicted molar refractivity (Wildman–Crippen MR) is 100 cm³/mol. The number of nitrogens with two attached hydrogens (primary N) is 1. The highest BCUT2D eigenvalue weighted by molar-refractivity contribution is 5.96. The Morgan fingerprint density at radius 1 is 1.12 bits per heavy atom. The summed E-state index contributed by atoms with van der Waals surface area (Å²) in [5.41, 5.74) is 6.34. The Labute approximate surface area is 156 Å². The SMILES string of the molecule is CCOc1cc(C(=O)N2CCCC2CN)cc(OCC)c1OCC.Cl. The first-order chi connectivity index (χ1) is 11.7. The van der Waals surface area contributed by atoms with E-state index in [4.69, 9.17) is 19.9 Å². The maximum Gasteiger partial charge on any atom is 0.254 e. The molecule has 2 N–H and O–H groups in total. The van der Waals surface area contributed by atoms with Gasteiger partial charge in [-0.05, 0) is 45.7 Å². The van der Waals surface area contributed by atoms with Crippen LogP contribution in [0.3, 0.4) is 0 Å². The molecule has 1 fully saturated rings. The average Bonchev–Trinajstić information content (AvgIpc) is 3.06. The minimum Gasteiger partial charge on any atom is -0.490 e. The van der Waals surface area contributed by atoms with Crippen LogP contribution in [0.1, 0.15) is 44.0 Å². The Morgan fingerprint density at radius 2 is 1.68 bits per heavy atom. The summed E-state index contributed by atoms with van der Waals surface area (Å²) in [5, 5.41) is 0. The van der Waals surface area contributed by atoms with Crippen LogP contribution in [0.2, 0.25) is 0 Å². The van der Waals surface area contributed by atoms with Crippen LogP contribution in [0.25, 0.3) is 0 Å². The quantitative estimate of drug-likeness (QED) is 0.759. The zero-order chi connectivity index (χ0) is 17.5. The molecule has 1 aliphatic rings. The molecule has 6 nitrogen and oxygen atoms in total. The highest BCUT2D eigenvalue weighted by Gasteiger charge is 2.29. The van der Waals surface area contributed by atoms with Gasteiger partial charge in [-0.3, -0.25) is 4.79 Å². The van der Waals surface area contributed by atoms with Crippen LogP contribution in [-0.4, -0.2) is 49.8 Å². The third-order valence-corrected chi connectivity index (χ3v) is 4.07. The van der Waals surface area contributed by atoms with Crippen molar-refractivity contribution in [2.75, 3.05) is 32.9 Å². The summed E-state index contributed by atoms with van der Waals surface area (Å²) in [6.07, 6.45) is 1.94. The summed E-state index contributed by atoms with van der Waals surface area (Å²) in [5.74, 6) is 1.59. The number of halogens is 1. The van der Waals surface area contributed by atoms with Gasteiger partial charge < -0.3 is 24.8 Å². The fraction of sp³-hybridized carbons (Fsp3) is 0.611. The van der Waals surface area contributed by atoms with E-state index < -0.39 is 0 Å². The molecule has 0 aromatic heterocycles. The molecule has 1 aromatic rings. The van der Waals surface area contributed by atoms with Crippen molar-refractivity contribution in [3.05, 3.63) is 17.7 Å². The highest BCUT2D eigenvalue weighted by atomic mass is 35.5. The van der Waals surface area contributed by atoms with Crippen LogP contribution < -0.4 is 19.9 Å². The zero-order valence-electron chi connectivity index (χ0n) is 15.2. The first-order valence-corrected chi connectivity index (χ1v) is 8.73. The van der Waals surface area contributed by atoms with E-state index in [2.05, 4.69) is 0 Å². The maximum atomic E-state index is 12.9. The first-order valence-electron chi connectivity index (χ1n) is 8.73. The number of hydrogen-bond acceptors (Lipinski definition) is 5. The number of carbonyl (C=O) groups is 1. The molecule has 1 heterocycles. The van der Waals surface area contributed by atoms with E-state index in [-0.39, 0.29) is 24.4 Å². The van der Waals surface area contributed by atoms with Gasteiger partial charge >= 0.3 is 0 Å². The van der Waals surface area contributed by atoms with Gasteiger partial charge in [0.15, 0.2) is 11.5 Å². The number of hydrogen-bond donors (Lipinski definition) is 1. The molecule has 25 heavy (non-hydrogen) atoms. The smallest absolute Gasteiger partial charge is 0.254 e. The van der Waals surface area contributed by atoms with E-state index in [0.717, 1.165) is 19.4 Å². The number of rotatable bonds is 8. The lowest BCUT2D eigenvalue weighted by Gasteiger charge is -2.24. The fourth-order valence-corrected chi connectivity index (χ4v) is 3.03.